The van der Waals surface area contributed by atoms with Gasteiger partial charge in [-0.05, 0) is 0 Å². The average molecular weight is 340 g/mol. The number of hydrogen-bond donors (Lipinski definition) is 1. The van der Waals surface area contributed by atoms with E-state index in [0.29, 0.717) is 0 Å². The van der Waals surface area contributed by atoms with E-state index in [-0.39, 0.29) is 38.0 Å². The number of Topliss-reactive ketones (excluding diaryl/α,β-unsaturated/α-hetero) is 1. The van der Waals surface area contributed by atoms with Crippen molar-refractivity contribution in [1.29, 1.82) is 0 Å². The van der Waals surface area contributed by atoms with E-state index in [1.807, 2.05) is 0 Å². The van der Waals surface area contributed by atoms with Crippen LogP contribution in [0.25, 0.3) is 0 Å². The maximum atomic E-state index is 11.1. The van der Waals surface area contributed by atoms with Crippen molar-refractivity contribution in [3.63, 3.8) is 0 Å². The number of ether oxygens (including phenoxy) is 4. The van der Waals surface area contributed by atoms with Crippen molar-refractivity contribution in [3.05, 3.63) is 12.2 Å². The van der Waals surface area contributed by atoms with Gasteiger partial charge in [-0.1, -0.05) is 0 Å². The lowest BCUT2D eigenvalue weighted by Crippen LogP contribution is -3.00. The fraction of sp³-hybridized carbons (Fsp3) is 0.500. The molecule has 0 aromatic heterocycles. The highest BCUT2D eigenvalue weighted by molar-refractivity contribution is 5.91. The van der Waals surface area contributed by atoms with Gasteiger partial charge in [-0.25, -0.2) is 14.4 Å². The SMILES string of the molecule is COC(=O)/C=C/C(=O)OCCOC(=O)OC[C@H]([NH3+])C(C)=O.[Cl-]. The largest absolute Gasteiger partial charge is 1.00 e. The summed E-state index contributed by atoms with van der Waals surface area (Å²) >= 11 is 0. The van der Waals surface area contributed by atoms with Crippen LogP contribution in [-0.2, 0) is 33.3 Å². The van der Waals surface area contributed by atoms with Gasteiger partial charge in [-0.3, -0.25) is 4.79 Å². The Morgan fingerprint density at radius 3 is 2.09 bits per heavy atom. The van der Waals surface area contributed by atoms with E-state index >= 15 is 0 Å². The number of carbonyl (C=O) groups is 4. The number of esters is 2. The van der Waals surface area contributed by atoms with E-state index in [9.17, 15) is 19.2 Å². The number of carbonyl (C=O) groups excluding carboxylic acids is 4. The first-order valence-corrected chi connectivity index (χ1v) is 5.92. The van der Waals surface area contributed by atoms with Crippen LogP contribution in [0.5, 0.6) is 0 Å². The number of hydrogen-bond acceptors (Lipinski definition) is 8. The monoisotopic (exact) mass is 339 g/mol. The van der Waals surface area contributed by atoms with Crippen LogP contribution in [-0.4, -0.2) is 56.8 Å². The molecule has 0 fully saturated rings. The van der Waals surface area contributed by atoms with Crippen LogP contribution in [0.1, 0.15) is 6.92 Å². The van der Waals surface area contributed by atoms with Gasteiger partial charge < -0.3 is 37.1 Å². The molecule has 0 aliphatic carbocycles. The highest BCUT2D eigenvalue weighted by atomic mass is 35.5. The number of halogens is 1. The topological polar surface area (TPSA) is 133 Å². The molecule has 0 aromatic rings. The van der Waals surface area contributed by atoms with Gasteiger partial charge in [0.25, 0.3) is 0 Å². The minimum absolute atomic E-state index is 0. The molecule has 0 aliphatic rings. The summed E-state index contributed by atoms with van der Waals surface area (Å²) in [5.41, 5.74) is 3.47. The number of methoxy groups -OCH3 is 1. The van der Waals surface area contributed by atoms with Crippen LogP contribution in [0.15, 0.2) is 12.2 Å². The van der Waals surface area contributed by atoms with Crippen molar-refractivity contribution < 1.29 is 56.3 Å². The highest BCUT2D eigenvalue weighted by Crippen LogP contribution is 1.90. The van der Waals surface area contributed by atoms with Crippen molar-refractivity contribution in [2.45, 2.75) is 13.0 Å². The van der Waals surface area contributed by atoms with Gasteiger partial charge in [0.15, 0.2) is 18.4 Å². The lowest BCUT2D eigenvalue weighted by molar-refractivity contribution is -0.408. The van der Waals surface area contributed by atoms with Gasteiger partial charge in [-0.15, -0.1) is 0 Å². The summed E-state index contributed by atoms with van der Waals surface area (Å²) in [5.74, 6) is -1.69. The zero-order valence-electron chi connectivity index (χ0n) is 12.2. The molecule has 10 heteroatoms. The fourth-order valence-corrected chi connectivity index (χ4v) is 0.847. The quantitative estimate of drug-likeness (QED) is 0.203. The number of rotatable bonds is 8. The minimum atomic E-state index is -0.994. The number of quaternary nitrogens is 1. The van der Waals surface area contributed by atoms with Gasteiger partial charge in [0, 0.05) is 19.1 Å². The van der Waals surface area contributed by atoms with E-state index in [1.165, 1.54) is 14.0 Å². The molecular formula is C12H18ClNO8. The first-order chi connectivity index (χ1) is 9.86. The molecule has 1 atom stereocenters. The standard InChI is InChI=1S/C12H17NO8.ClH/c1-8(14)9(13)7-21-12(17)20-6-5-19-11(16)4-3-10(15)18-2;/h3-4,9H,5-7,13H2,1-2H3;1H/b4-3+;/t9-;/m0./s1. The molecule has 0 aliphatic heterocycles. The third kappa shape index (κ3) is 11.7. The van der Waals surface area contributed by atoms with Crippen LogP contribution < -0.4 is 18.1 Å². The van der Waals surface area contributed by atoms with E-state index in [1.54, 1.807) is 0 Å². The molecule has 0 bridgehead atoms. The third-order valence-electron chi connectivity index (χ3n) is 2.08. The molecule has 0 spiro atoms. The summed E-state index contributed by atoms with van der Waals surface area (Å²) in [6.45, 7) is 0.710. The molecule has 9 nitrogen and oxygen atoms in total. The second-order valence-electron chi connectivity index (χ2n) is 3.74. The molecule has 0 unspecified atom stereocenters. The van der Waals surface area contributed by atoms with Gasteiger partial charge in [0.1, 0.15) is 13.2 Å². The smallest absolute Gasteiger partial charge is 0.508 e. The molecule has 126 valence electrons. The van der Waals surface area contributed by atoms with E-state index in [4.69, 9.17) is 0 Å². The molecule has 0 heterocycles. The van der Waals surface area contributed by atoms with Gasteiger partial charge in [-0.2, -0.15) is 0 Å². The van der Waals surface area contributed by atoms with Crippen LogP contribution >= 0.6 is 0 Å². The molecule has 0 saturated heterocycles. The Morgan fingerprint density at radius 1 is 1.00 bits per heavy atom. The lowest BCUT2D eigenvalue weighted by Gasteiger charge is -2.07. The summed E-state index contributed by atoms with van der Waals surface area (Å²) < 4.78 is 18.1. The minimum Gasteiger partial charge on any atom is -1.00 e. The second-order valence-corrected chi connectivity index (χ2v) is 3.74. The molecular weight excluding hydrogens is 322 g/mol. The lowest BCUT2D eigenvalue weighted by atomic mass is 10.2. The molecule has 3 N–H and O–H groups in total. The van der Waals surface area contributed by atoms with Crippen LogP contribution in [0.3, 0.4) is 0 Å². The summed E-state index contributed by atoms with van der Waals surface area (Å²) in [6.07, 6.45) is 0.781. The Labute approximate surface area is 133 Å². The zero-order chi connectivity index (χ0) is 16.3. The Bertz CT molecular complexity index is 423. The van der Waals surface area contributed by atoms with Gasteiger partial charge in [0.2, 0.25) is 0 Å². The molecule has 0 amide bonds. The highest BCUT2D eigenvalue weighted by Gasteiger charge is 2.15. The molecule has 0 rings (SSSR count). The first-order valence-electron chi connectivity index (χ1n) is 5.92. The first kappa shape index (κ1) is 22.2. The van der Waals surface area contributed by atoms with Crippen molar-refractivity contribution in [2.24, 2.45) is 0 Å². The fourth-order valence-electron chi connectivity index (χ4n) is 0.847. The predicted molar refractivity (Wildman–Crippen MR) is 66.8 cm³/mol. The maximum Gasteiger partial charge on any atom is 0.508 e. The summed E-state index contributed by atoms with van der Waals surface area (Å²) in [5, 5.41) is 0. The van der Waals surface area contributed by atoms with Crippen LogP contribution in [0.4, 0.5) is 4.79 Å². The van der Waals surface area contributed by atoms with Crippen molar-refractivity contribution >= 4 is 23.9 Å². The van der Waals surface area contributed by atoms with Crippen LogP contribution in [0.2, 0.25) is 0 Å². The van der Waals surface area contributed by atoms with Crippen molar-refractivity contribution in [3.8, 4) is 0 Å². The average Bonchev–Trinajstić information content (AvgIpc) is 2.46. The van der Waals surface area contributed by atoms with Gasteiger partial charge in [0.05, 0.1) is 7.11 Å². The molecule has 0 saturated carbocycles. The van der Waals surface area contributed by atoms with E-state index < -0.39 is 24.1 Å². The molecule has 22 heavy (non-hydrogen) atoms. The Kier molecular flexibility index (Phi) is 12.7. The van der Waals surface area contributed by atoms with Crippen LogP contribution in [0, 0.1) is 0 Å². The van der Waals surface area contributed by atoms with Crippen molar-refractivity contribution in [2.75, 3.05) is 26.9 Å². The molecule has 0 aromatic carbocycles. The second kappa shape index (κ2) is 12.6. The third-order valence-corrected chi connectivity index (χ3v) is 2.08. The predicted octanol–water partition coefficient (Wildman–Crippen LogP) is -4.38. The normalized spacial score (nSPS) is 11.0. The number of ketones is 1. The summed E-state index contributed by atoms with van der Waals surface area (Å²) in [6, 6.07) is -0.654. The zero-order valence-corrected chi connectivity index (χ0v) is 13.0. The Morgan fingerprint density at radius 2 is 1.55 bits per heavy atom. The summed E-state index contributed by atoms with van der Waals surface area (Å²) in [7, 11) is 1.17. The van der Waals surface area contributed by atoms with E-state index in [0.717, 1.165) is 12.2 Å². The Balaban J connectivity index is 0. The van der Waals surface area contributed by atoms with Gasteiger partial charge >= 0.3 is 18.1 Å². The van der Waals surface area contributed by atoms with Crippen molar-refractivity contribution in [1.82, 2.24) is 0 Å². The summed E-state index contributed by atoms with van der Waals surface area (Å²) in [4.78, 5) is 43.6. The maximum absolute atomic E-state index is 11.1. The molecule has 0 radical (unpaired) electrons. The van der Waals surface area contributed by atoms with E-state index in [2.05, 4.69) is 24.7 Å². The Hall–Kier alpha value is -2.13.